The molecular weight excluding hydrogens is 418 g/mol. The summed E-state index contributed by atoms with van der Waals surface area (Å²) in [5.41, 5.74) is 5.97. The number of hydrogen-bond acceptors (Lipinski definition) is 7. The highest BCUT2D eigenvalue weighted by Crippen LogP contribution is 2.35. The molecule has 6 rings (SSSR count). The SMILES string of the molecule is O=C1NCc2c(-c3cnc4cnccn34)ccc(Nc3cc(N4CCC(O)CC4)ccn3)c21. The number of anilines is 3. The number of carbonyl (C=O) groups is 1. The van der Waals surface area contributed by atoms with Gasteiger partial charge >= 0.3 is 0 Å². The van der Waals surface area contributed by atoms with Gasteiger partial charge in [-0.15, -0.1) is 0 Å². The van der Waals surface area contributed by atoms with Crippen molar-refractivity contribution in [2.75, 3.05) is 23.3 Å². The van der Waals surface area contributed by atoms with Crippen molar-refractivity contribution in [2.45, 2.75) is 25.5 Å². The molecule has 3 aromatic heterocycles. The first-order valence-electron chi connectivity index (χ1n) is 11.0. The number of aliphatic hydroxyl groups excluding tert-OH is 1. The number of piperidine rings is 1. The molecule has 1 aromatic carbocycles. The quantitative estimate of drug-likeness (QED) is 0.447. The predicted molar refractivity (Wildman–Crippen MR) is 125 cm³/mol. The van der Waals surface area contributed by atoms with Gasteiger partial charge in [-0.1, -0.05) is 6.07 Å². The maximum absolute atomic E-state index is 12.8. The smallest absolute Gasteiger partial charge is 0.254 e. The number of amides is 1. The molecular formula is C24H23N7O2. The van der Waals surface area contributed by atoms with Crippen LogP contribution in [-0.2, 0) is 6.54 Å². The minimum atomic E-state index is -0.218. The van der Waals surface area contributed by atoms with E-state index in [4.69, 9.17) is 0 Å². The molecule has 0 saturated carbocycles. The maximum atomic E-state index is 12.8. The molecule has 0 atom stereocenters. The molecule has 0 unspecified atom stereocenters. The fourth-order valence-corrected chi connectivity index (χ4v) is 4.68. The van der Waals surface area contributed by atoms with Gasteiger partial charge < -0.3 is 20.6 Å². The third kappa shape index (κ3) is 3.46. The molecule has 3 N–H and O–H groups in total. The fraction of sp³-hybridized carbons (Fsp3) is 0.250. The Kier molecular flexibility index (Phi) is 4.69. The molecule has 33 heavy (non-hydrogen) atoms. The highest BCUT2D eigenvalue weighted by molar-refractivity contribution is 6.06. The number of pyridine rings is 1. The second-order valence-corrected chi connectivity index (χ2v) is 8.39. The van der Waals surface area contributed by atoms with Crippen LogP contribution in [0, 0.1) is 0 Å². The van der Waals surface area contributed by atoms with Crippen LogP contribution in [0.3, 0.4) is 0 Å². The number of fused-ring (bicyclic) bond motifs is 2. The number of aliphatic hydroxyl groups is 1. The summed E-state index contributed by atoms with van der Waals surface area (Å²) >= 11 is 0. The van der Waals surface area contributed by atoms with Crippen molar-refractivity contribution in [3.05, 3.63) is 66.4 Å². The summed E-state index contributed by atoms with van der Waals surface area (Å²) in [4.78, 5) is 28.1. The Balaban J connectivity index is 1.35. The number of rotatable bonds is 4. The van der Waals surface area contributed by atoms with E-state index in [9.17, 15) is 9.90 Å². The Hall–Kier alpha value is -3.98. The van der Waals surface area contributed by atoms with Gasteiger partial charge in [-0.05, 0) is 30.5 Å². The largest absolute Gasteiger partial charge is 0.393 e. The molecule has 0 radical (unpaired) electrons. The molecule has 2 aliphatic heterocycles. The second kappa shape index (κ2) is 7.86. The molecule has 0 bridgehead atoms. The average Bonchev–Trinajstić information content (AvgIpc) is 3.44. The van der Waals surface area contributed by atoms with E-state index in [0.717, 1.165) is 59.8 Å². The summed E-state index contributed by atoms with van der Waals surface area (Å²) in [5.74, 6) is 0.570. The van der Waals surface area contributed by atoms with Crippen LogP contribution in [0.5, 0.6) is 0 Å². The molecule has 9 nitrogen and oxygen atoms in total. The lowest BCUT2D eigenvalue weighted by Gasteiger charge is -2.31. The van der Waals surface area contributed by atoms with Gasteiger partial charge in [-0.25, -0.2) is 9.97 Å². The van der Waals surface area contributed by atoms with E-state index >= 15 is 0 Å². The summed E-state index contributed by atoms with van der Waals surface area (Å²) in [5, 5.41) is 16.1. The first-order chi connectivity index (χ1) is 16.2. The zero-order valence-electron chi connectivity index (χ0n) is 17.9. The number of nitrogens with zero attached hydrogens (tertiary/aromatic N) is 5. The van der Waals surface area contributed by atoms with Gasteiger partial charge in [0.25, 0.3) is 5.91 Å². The van der Waals surface area contributed by atoms with Crippen LogP contribution in [0.4, 0.5) is 17.2 Å². The fourth-order valence-electron chi connectivity index (χ4n) is 4.68. The van der Waals surface area contributed by atoms with E-state index in [2.05, 4.69) is 30.5 Å². The van der Waals surface area contributed by atoms with Crippen molar-refractivity contribution >= 4 is 28.7 Å². The van der Waals surface area contributed by atoms with Gasteiger partial charge in [0.05, 0.1) is 35.4 Å². The molecule has 1 amide bonds. The first kappa shape index (κ1) is 19.7. The predicted octanol–water partition coefficient (Wildman–Crippen LogP) is 2.74. The Bertz CT molecular complexity index is 1360. The van der Waals surface area contributed by atoms with Crippen molar-refractivity contribution in [1.82, 2.24) is 24.7 Å². The van der Waals surface area contributed by atoms with E-state index in [1.165, 1.54) is 0 Å². The third-order valence-electron chi connectivity index (χ3n) is 6.39. The average molecular weight is 441 g/mol. The maximum Gasteiger partial charge on any atom is 0.254 e. The van der Waals surface area contributed by atoms with Gasteiger partial charge in [0.15, 0.2) is 5.65 Å². The summed E-state index contributed by atoms with van der Waals surface area (Å²) in [6.45, 7) is 2.08. The molecule has 0 aliphatic carbocycles. The molecule has 1 fully saturated rings. The van der Waals surface area contributed by atoms with Crippen molar-refractivity contribution in [3.63, 3.8) is 0 Å². The minimum absolute atomic E-state index is 0.106. The van der Waals surface area contributed by atoms with Crippen molar-refractivity contribution < 1.29 is 9.90 Å². The van der Waals surface area contributed by atoms with Gasteiger partial charge in [-0.3, -0.25) is 14.2 Å². The standard InChI is InChI=1S/C24H23N7O2/c32-16-4-8-30(9-5-16)15-3-6-26-21(11-15)29-19-2-1-17(18-12-28-24(33)23(18)19)20-13-27-22-14-25-7-10-31(20)22/h1-3,6-7,10-11,13-14,16,32H,4-5,8-9,12H2,(H,26,29)(H,28,33). The number of hydrogen-bond donors (Lipinski definition) is 3. The van der Waals surface area contributed by atoms with Crippen molar-refractivity contribution in [3.8, 4) is 11.3 Å². The summed E-state index contributed by atoms with van der Waals surface area (Å²) in [6.07, 6.45) is 10.2. The van der Waals surface area contributed by atoms with Crippen molar-refractivity contribution in [1.29, 1.82) is 0 Å². The van der Waals surface area contributed by atoms with Gasteiger partial charge in [0.1, 0.15) is 5.82 Å². The van der Waals surface area contributed by atoms with E-state index in [1.807, 2.05) is 41.1 Å². The Morgan fingerprint density at radius 1 is 1.09 bits per heavy atom. The van der Waals surface area contributed by atoms with Gasteiger partial charge in [0.2, 0.25) is 0 Å². The first-order valence-corrected chi connectivity index (χ1v) is 11.0. The summed E-state index contributed by atoms with van der Waals surface area (Å²) in [7, 11) is 0. The van der Waals surface area contributed by atoms with Crippen LogP contribution in [0.15, 0.2) is 55.2 Å². The van der Waals surface area contributed by atoms with Crippen molar-refractivity contribution in [2.24, 2.45) is 0 Å². The van der Waals surface area contributed by atoms with Gasteiger partial charge in [0, 0.05) is 55.5 Å². The number of carbonyl (C=O) groups excluding carboxylic acids is 1. The van der Waals surface area contributed by atoms with E-state index < -0.39 is 0 Å². The highest BCUT2D eigenvalue weighted by atomic mass is 16.3. The third-order valence-corrected chi connectivity index (χ3v) is 6.39. The Labute approximate surface area is 190 Å². The number of benzene rings is 1. The normalized spacial score (nSPS) is 16.2. The van der Waals surface area contributed by atoms with Gasteiger partial charge in [-0.2, -0.15) is 0 Å². The van der Waals surface area contributed by atoms with Crippen LogP contribution in [0.1, 0.15) is 28.8 Å². The van der Waals surface area contributed by atoms with E-state index in [0.29, 0.717) is 17.9 Å². The molecule has 5 heterocycles. The van der Waals surface area contributed by atoms with Crippen LogP contribution in [-0.4, -0.2) is 49.6 Å². The van der Waals surface area contributed by atoms with Crippen LogP contribution in [0.2, 0.25) is 0 Å². The number of nitrogens with one attached hydrogen (secondary N) is 2. The second-order valence-electron chi connectivity index (χ2n) is 8.39. The zero-order chi connectivity index (χ0) is 22.4. The topological polar surface area (TPSA) is 108 Å². The molecule has 4 aromatic rings. The molecule has 2 aliphatic rings. The summed E-state index contributed by atoms with van der Waals surface area (Å²) in [6, 6.07) is 7.90. The lowest BCUT2D eigenvalue weighted by Crippen LogP contribution is -2.35. The van der Waals surface area contributed by atoms with Crippen LogP contribution < -0.4 is 15.5 Å². The minimum Gasteiger partial charge on any atom is -0.393 e. The zero-order valence-corrected chi connectivity index (χ0v) is 17.9. The van der Waals surface area contributed by atoms with Crippen LogP contribution >= 0.6 is 0 Å². The number of imidazole rings is 1. The molecule has 9 heteroatoms. The monoisotopic (exact) mass is 441 g/mol. The van der Waals surface area contributed by atoms with E-state index in [1.54, 1.807) is 18.6 Å². The number of aromatic nitrogens is 4. The lowest BCUT2D eigenvalue weighted by atomic mass is 9.99. The van der Waals surface area contributed by atoms with Crippen LogP contribution in [0.25, 0.3) is 16.9 Å². The molecule has 1 saturated heterocycles. The van der Waals surface area contributed by atoms with E-state index in [-0.39, 0.29) is 12.0 Å². The Morgan fingerprint density at radius 3 is 2.85 bits per heavy atom. The Morgan fingerprint density at radius 2 is 1.97 bits per heavy atom. The molecule has 0 spiro atoms. The molecule has 166 valence electrons. The highest BCUT2D eigenvalue weighted by Gasteiger charge is 2.27. The summed E-state index contributed by atoms with van der Waals surface area (Å²) < 4.78 is 1.97. The lowest BCUT2D eigenvalue weighted by molar-refractivity contribution is 0.0966.